The van der Waals surface area contributed by atoms with Gasteiger partial charge in [0.05, 0.1) is 21.7 Å². The quantitative estimate of drug-likeness (QED) is 0.543. The van der Waals surface area contributed by atoms with E-state index in [1.54, 1.807) is 53.9 Å². The van der Waals surface area contributed by atoms with Crippen LogP contribution < -0.4 is 0 Å². The first-order valence-corrected chi connectivity index (χ1v) is 9.58. The highest BCUT2D eigenvalue weighted by Crippen LogP contribution is 2.42. The van der Waals surface area contributed by atoms with Crippen LogP contribution in [0.25, 0.3) is 10.6 Å². The van der Waals surface area contributed by atoms with Crippen LogP contribution in [-0.2, 0) is 11.0 Å². The summed E-state index contributed by atoms with van der Waals surface area (Å²) in [6, 6.07) is 13.7. The van der Waals surface area contributed by atoms with Crippen molar-refractivity contribution in [3.05, 3.63) is 70.6 Å². The number of halogens is 3. The molecule has 0 amide bonds. The molecule has 0 saturated carbocycles. The number of rotatable bonds is 5. The van der Waals surface area contributed by atoms with Crippen LogP contribution in [0.5, 0.6) is 0 Å². The molecule has 0 fully saturated rings. The van der Waals surface area contributed by atoms with Gasteiger partial charge in [-0.15, -0.1) is 11.3 Å². The summed E-state index contributed by atoms with van der Waals surface area (Å²) in [5, 5.41) is 19.2. The summed E-state index contributed by atoms with van der Waals surface area (Å²) in [5.74, 6) is -1.24. The second kappa shape index (κ2) is 8.04. The van der Waals surface area contributed by atoms with Crippen LogP contribution in [0.3, 0.4) is 0 Å². The Morgan fingerprint density at radius 1 is 1.21 bits per heavy atom. The molecule has 142 valence electrons. The summed E-state index contributed by atoms with van der Waals surface area (Å²) >= 11 is 1.82. The first-order valence-electron chi connectivity index (χ1n) is 7.82. The van der Waals surface area contributed by atoms with E-state index in [0.717, 1.165) is 6.07 Å². The highest BCUT2D eigenvalue weighted by molar-refractivity contribution is 8.00. The second-order valence-electron chi connectivity index (χ2n) is 5.57. The predicted molar refractivity (Wildman–Crippen MR) is 99.9 cm³/mol. The molecule has 28 heavy (non-hydrogen) atoms. The number of hydrogen-bond acceptors (Lipinski definition) is 5. The summed E-state index contributed by atoms with van der Waals surface area (Å²) in [6.07, 6.45) is -4.78. The number of aliphatic carboxylic acids is 1. The minimum absolute atomic E-state index is 0.0426. The van der Waals surface area contributed by atoms with Gasteiger partial charge in [0.15, 0.2) is 0 Å². The van der Waals surface area contributed by atoms with Crippen molar-refractivity contribution in [2.45, 2.75) is 16.5 Å². The number of pyridine rings is 1. The Morgan fingerprint density at radius 2 is 1.93 bits per heavy atom. The third-order valence-corrected chi connectivity index (χ3v) is 5.85. The molecule has 0 spiro atoms. The Hall–Kier alpha value is -2.83. The van der Waals surface area contributed by atoms with Gasteiger partial charge in [-0.1, -0.05) is 48.2 Å². The number of carbonyl (C=O) groups is 1. The highest BCUT2D eigenvalue weighted by Gasteiger charge is 2.37. The fourth-order valence-corrected chi connectivity index (χ4v) is 4.22. The molecule has 1 unspecified atom stereocenters. The number of thiophene rings is 1. The normalized spacial score (nSPS) is 12.4. The first kappa shape index (κ1) is 19.9. The van der Waals surface area contributed by atoms with E-state index in [1.165, 1.54) is 11.3 Å². The number of carboxylic acids is 1. The molecule has 9 heteroatoms. The zero-order chi connectivity index (χ0) is 20.3. The van der Waals surface area contributed by atoms with E-state index in [0.29, 0.717) is 22.2 Å². The number of thioether (sulfide) groups is 1. The zero-order valence-electron chi connectivity index (χ0n) is 14.0. The molecule has 1 atom stereocenters. The number of aromatic nitrogens is 1. The van der Waals surface area contributed by atoms with E-state index >= 15 is 0 Å². The van der Waals surface area contributed by atoms with Gasteiger partial charge in [0, 0.05) is 0 Å². The Morgan fingerprint density at radius 3 is 2.46 bits per heavy atom. The van der Waals surface area contributed by atoms with Gasteiger partial charge in [-0.3, -0.25) is 4.79 Å². The van der Waals surface area contributed by atoms with E-state index in [9.17, 15) is 28.3 Å². The van der Waals surface area contributed by atoms with Crippen molar-refractivity contribution in [3.8, 4) is 16.6 Å². The van der Waals surface area contributed by atoms with E-state index in [-0.39, 0.29) is 10.7 Å². The van der Waals surface area contributed by atoms with Crippen LogP contribution in [-0.4, -0.2) is 16.1 Å². The smallest absolute Gasteiger partial charge is 0.417 e. The van der Waals surface area contributed by atoms with Gasteiger partial charge in [-0.2, -0.15) is 18.4 Å². The third kappa shape index (κ3) is 4.18. The summed E-state index contributed by atoms with van der Waals surface area (Å²) in [6.45, 7) is 0. The molecule has 2 aromatic heterocycles. The number of benzene rings is 1. The lowest BCUT2D eigenvalue weighted by Gasteiger charge is -2.16. The number of nitriles is 1. The van der Waals surface area contributed by atoms with Gasteiger partial charge in [-0.05, 0) is 23.1 Å². The van der Waals surface area contributed by atoms with Crippen LogP contribution >= 0.6 is 23.1 Å². The maximum atomic E-state index is 13.6. The van der Waals surface area contributed by atoms with E-state index in [1.807, 2.05) is 0 Å². The maximum Gasteiger partial charge on any atom is 0.417 e. The van der Waals surface area contributed by atoms with E-state index < -0.39 is 28.5 Å². The monoisotopic (exact) mass is 420 g/mol. The van der Waals surface area contributed by atoms with Crippen LogP contribution in [0.15, 0.2) is 58.9 Å². The van der Waals surface area contributed by atoms with Crippen LogP contribution in [0.4, 0.5) is 13.2 Å². The molecule has 0 radical (unpaired) electrons. The molecule has 0 bridgehead atoms. The summed E-state index contributed by atoms with van der Waals surface area (Å²) < 4.78 is 40.7. The number of nitrogens with zero attached hydrogens (tertiary/aromatic N) is 2. The molecule has 0 saturated heterocycles. The van der Waals surface area contributed by atoms with Gasteiger partial charge in [0.2, 0.25) is 0 Å². The Bertz CT molecular complexity index is 1030. The fraction of sp³-hybridized carbons (Fsp3) is 0.105. The largest absolute Gasteiger partial charge is 0.480 e. The van der Waals surface area contributed by atoms with Gasteiger partial charge in [0.1, 0.15) is 16.3 Å². The standard InChI is InChI=1S/C19H11F3N2O2S2/c20-19(21,22)13-9-14(15-7-4-8-27-15)24-17(12(13)10-23)28-16(18(25)26)11-5-2-1-3-6-11/h1-9,16H,(H,25,26). The van der Waals surface area contributed by atoms with Crippen LogP contribution in [0.2, 0.25) is 0 Å². The number of hydrogen-bond donors (Lipinski definition) is 1. The number of carboxylic acid groups (broad SMARTS) is 1. The third-order valence-electron chi connectivity index (χ3n) is 3.73. The first-order chi connectivity index (χ1) is 13.3. The van der Waals surface area contributed by atoms with Gasteiger partial charge in [0.25, 0.3) is 0 Å². The molecule has 1 N–H and O–H groups in total. The lowest BCUT2D eigenvalue weighted by Crippen LogP contribution is -2.12. The molecule has 0 aliphatic rings. The average Bonchev–Trinajstić information content (AvgIpc) is 3.20. The van der Waals surface area contributed by atoms with Crippen molar-refractivity contribution < 1.29 is 23.1 Å². The molecule has 1 aromatic carbocycles. The SMILES string of the molecule is N#Cc1c(C(F)(F)F)cc(-c2cccs2)nc1SC(C(=O)O)c1ccccc1. The zero-order valence-corrected chi connectivity index (χ0v) is 15.6. The van der Waals surface area contributed by atoms with E-state index in [4.69, 9.17) is 0 Å². The highest BCUT2D eigenvalue weighted by atomic mass is 32.2. The molecule has 4 nitrogen and oxygen atoms in total. The molecule has 3 aromatic rings. The second-order valence-corrected chi connectivity index (χ2v) is 7.61. The van der Waals surface area contributed by atoms with Crippen molar-refractivity contribution in [3.63, 3.8) is 0 Å². The summed E-state index contributed by atoms with van der Waals surface area (Å²) in [7, 11) is 0. The predicted octanol–water partition coefficient (Wildman–Crippen LogP) is 5.62. The Balaban J connectivity index is 2.17. The van der Waals surface area contributed by atoms with Gasteiger partial charge < -0.3 is 5.11 Å². The van der Waals surface area contributed by atoms with E-state index in [2.05, 4.69) is 4.98 Å². The minimum atomic E-state index is -4.78. The van der Waals surface area contributed by atoms with Crippen molar-refractivity contribution in [1.82, 2.24) is 4.98 Å². The topological polar surface area (TPSA) is 74.0 Å². The molecule has 0 aliphatic carbocycles. The fourth-order valence-electron chi connectivity index (χ4n) is 2.49. The maximum absolute atomic E-state index is 13.6. The molecule has 0 aliphatic heterocycles. The minimum Gasteiger partial charge on any atom is -0.480 e. The Labute approximate surface area is 166 Å². The van der Waals surface area contributed by atoms with Gasteiger partial charge in [-0.25, -0.2) is 4.98 Å². The van der Waals surface area contributed by atoms with Gasteiger partial charge >= 0.3 is 12.1 Å². The molecule has 2 heterocycles. The van der Waals surface area contributed by atoms with Crippen molar-refractivity contribution in [2.75, 3.05) is 0 Å². The lowest BCUT2D eigenvalue weighted by atomic mass is 10.1. The number of alkyl halides is 3. The van der Waals surface area contributed by atoms with Crippen molar-refractivity contribution >= 4 is 29.1 Å². The van der Waals surface area contributed by atoms with Crippen molar-refractivity contribution in [2.24, 2.45) is 0 Å². The molecule has 3 rings (SSSR count). The summed E-state index contributed by atoms with van der Waals surface area (Å²) in [5.41, 5.74) is -1.38. The lowest BCUT2D eigenvalue weighted by molar-refractivity contribution is -0.138. The summed E-state index contributed by atoms with van der Waals surface area (Å²) in [4.78, 5) is 16.4. The Kier molecular flexibility index (Phi) is 5.72. The van der Waals surface area contributed by atoms with Crippen LogP contribution in [0, 0.1) is 11.3 Å². The molecular weight excluding hydrogens is 409 g/mol. The van der Waals surface area contributed by atoms with Crippen molar-refractivity contribution in [1.29, 1.82) is 5.26 Å². The average molecular weight is 420 g/mol. The molecular formula is C19H11F3N2O2S2. The van der Waals surface area contributed by atoms with Crippen LogP contribution in [0.1, 0.15) is 21.9 Å².